The lowest BCUT2D eigenvalue weighted by molar-refractivity contribution is -0.117. The molecule has 0 bridgehead atoms. The molecule has 5 nitrogen and oxygen atoms in total. The van der Waals surface area contributed by atoms with Gasteiger partial charge in [-0.25, -0.2) is 4.39 Å². The molecule has 0 heterocycles. The molecule has 0 aliphatic carbocycles. The van der Waals surface area contributed by atoms with Crippen LogP contribution < -0.4 is 10.2 Å². The Morgan fingerprint density at radius 3 is 2.17 bits per heavy atom. The summed E-state index contributed by atoms with van der Waals surface area (Å²) in [6.45, 7) is 8.37. The molecule has 2 amide bonds. The van der Waals surface area contributed by atoms with Gasteiger partial charge < -0.3 is 15.1 Å². The Labute approximate surface area is 213 Å². The molecule has 6 heteroatoms. The molecule has 0 radical (unpaired) electrons. The van der Waals surface area contributed by atoms with Crippen LogP contribution in [0.25, 0.3) is 0 Å². The summed E-state index contributed by atoms with van der Waals surface area (Å²) in [4.78, 5) is 30.0. The maximum Gasteiger partial charge on any atom is 0.254 e. The standard InChI is InChI=1S/C30H36FN3O2/c1-21(22-10-8-7-9-11-22)34(29(36)23-12-14-25(31)15-13-23)20-24-18-26(16-17-27(24)33(5)6)32-28(35)19-30(2,3)4/h7-18,21H,19-20H2,1-6H3,(H,32,35)/t21-/m0/s1. The van der Waals surface area contributed by atoms with Crippen LogP contribution in [-0.4, -0.2) is 30.8 Å². The summed E-state index contributed by atoms with van der Waals surface area (Å²) in [5.74, 6) is -0.635. The van der Waals surface area contributed by atoms with Gasteiger partial charge in [0, 0.05) is 44.0 Å². The van der Waals surface area contributed by atoms with Crippen LogP contribution in [-0.2, 0) is 11.3 Å². The lowest BCUT2D eigenvalue weighted by atomic mass is 9.92. The van der Waals surface area contributed by atoms with Crippen molar-refractivity contribution in [2.75, 3.05) is 24.3 Å². The molecule has 1 N–H and O–H groups in total. The second-order valence-corrected chi connectivity index (χ2v) is 10.6. The second-order valence-electron chi connectivity index (χ2n) is 10.6. The molecule has 1 atom stereocenters. The molecule has 0 aliphatic rings. The number of rotatable bonds is 8. The molecule has 190 valence electrons. The summed E-state index contributed by atoms with van der Waals surface area (Å²) in [5, 5.41) is 3.00. The Morgan fingerprint density at radius 1 is 0.944 bits per heavy atom. The van der Waals surface area contributed by atoms with Crippen LogP contribution in [0.5, 0.6) is 0 Å². The number of halogens is 1. The molecule has 0 fully saturated rings. The van der Waals surface area contributed by atoms with E-state index in [0.717, 1.165) is 16.8 Å². The fourth-order valence-corrected chi connectivity index (χ4v) is 4.15. The van der Waals surface area contributed by atoms with E-state index >= 15 is 0 Å². The fraction of sp³-hybridized carbons (Fsp3) is 0.333. The first kappa shape index (κ1) is 26.9. The third-order valence-corrected chi connectivity index (χ3v) is 5.98. The van der Waals surface area contributed by atoms with Gasteiger partial charge in [0.15, 0.2) is 0 Å². The molecule has 0 saturated carbocycles. The van der Waals surface area contributed by atoms with E-state index in [1.54, 1.807) is 4.90 Å². The molecular weight excluding hydrogens is 453 g/mol. The smallest absolute Gasteiger partial charge is 0.254 e. The van der Waals surface area contributed by atoms with Crippen LogP contribution in [0.1, 0.15) is 61.6 Å². The molecule has 0 aliphatic heterocycles. The van der Waals surface area contributed by atoms with E-state index in [2.05, 4.69) is 5.32 Å². The third kappa shape index (κ3) is 7.17. The normalized spacial score (nSPS) is 12.1. The minimum atomic E-state index is -0.386. The summed E-state index contributed by atoms with van der Waals surface area (Å²) in [5.41, 5.74) is 3.81. The minimum Gasteiger partial charge on any atom is -0.377 e. The summed E-state index contributed by atoms with van der Waals surface area (Å²) in [6.07, 6.45) is 0.401. The maximum atomic E-state index is 13.7. The lowest BCUT2D eigenvalue weighted by Crippen LogP contribution is -2.34. The summed E-state index contributed by atoms with van der Waals surface area (Å²) in [6, 6.07) is 21.0. The van der Waals surface area contributed by atoms with Crippen molar-refractivity contribution in [3.05, 3.63) is 95.3 Å². The van der Waals surface area contributed by atoms with Gasteiger partial charge in [-0.3, -0.25) is 9.59 Å². The number of nitrogens with zero attached hydrogens (tertiary/aromatic N) is 2. The largest absolute Gasteiger partial charge is 0.377 e. The van der Waals surface area contributed by atoms with E-state index in [1.807, 2.05) is 95.2 Å². The highest BCUT2D eigenvalue weighted by Crippen LogP contribution is 2.30. The van der Waals surface area contributed by atoms with E-state index in [0.29, 0.717) is 24.2 Å². The van der Waals surface area contributed by atoms with Crippen molar-refractivity contribution < 1.29 is 14.0 Å². The van der Waals surface area contributed by atoms with Crippen molar-refractivity contribution in [2.45, 2.75) is 46.7 Å². The van der Waals surface area contributed by atoms with Gasteiger partial charge in [0.05, 0.1) is 6.04 Å². The monoisotopic (exact) mass is 489 g/mol. The Kier molecular flexibility index (Phi) is 8.51. The second kappa shape index (κ2) is 11.4. The molecule has 3 aromatic carbocycles. The van der Waals surface area contributed by atoms with E-state index < -0.39 is 0 Å². The molecular formula is C30H36FN3O2. The molecule has 0 unspecified atom stereocenters. The fourth-order valence-electron chi connectivity index (χ4n) is 4.15. The Bertz CT molecular complexity index is 1190. The summed E-state index contributed by atoms with van der Waals surface area (Å²) >= 11 is 0. The molecule has 0 saturated heterocycles. The van der Waals surface area contributed by atoms with Crippen LogP contribution in [0.3, 0.4) is 0 Å². The first-order chi connectivity index (χ1) is 16.9. The molecule has 36 heavy (non-hydrogen) atoms. The number of carbonyl (C=O) groups is 2. The number of nitrogens with one attached hydrogen (secondary N) is 1. The molecule has 0 aromatic heterocycles. The Balaban J connectivity index is 1.99. The summed E-state index contributed by atoms with van der Waals surface area (Å²) < 4.78 is 13.5. The van der Waals surface area contributed by atoms with Crippen molar-refractivity contribution in [3.63, 3.8) is 0 Å². The van der Waals surface area contributed by atoms with Crippen LogP contribution in [0.4, 0.5) is 15.8 Å². The van der Waals surface area contributed by atoms with Gasteiger partial charge in [-0.1, -0.05) is 51.1 Å². The predicted octanol–water partition coefficient (Wildman–Crippen LogP) is 6.67. The topological polar surface area (TPSA) is 52.7 Å². The van der Waals surface area contributed by atoms with Crippen LogP contribution in [0, 0.1) is 11.2 Å². The van der Waals surface area contributed by atoms with Gasteiger partial charge >= 0.3 is 0 Å². The van der Waals surface area contributed by atoms with Gasteiger partial charge in [0.25, 0.3) is 5.91 Å². The van der Waals surface area contributed by atoms with E-state index in [-0.39, 0.29) is 29.1 Å². The van der Waals surface area contributed by atoms with Crippen molar-refractivity contribution >= 4 is 23.2 Å². The van der Waals surface area contributed by atoms with Crippen molar-refractivity contribution in [3.8, 4) is 0 Å². The highest BCUT2D eigenvalue weighted by Gasteiger charge is 2.25. The number of hydrogen-bond donors (Lipinski definition) is 1. The van der Waals surface area contributed by atoms with Crippen molar-refractivity contribution in [2.24, 2.45) is 5.41 Å². The van der Waals surface area contributed by atoms with Gasteiger partial charge in [0.2, 0.25) is 5.91 Å². The van der Waals surface area contributed by atoms with Gasteiger partial charge in [-0.2, -0.15) is 0 Å². The van der Waals surface area contributed by atoms with Gasteiger partial charge in [0.1, 0.15) is 5.82 Å². The highest BCUT2D eigenvalue weighted by molar-refractivity contribution is 5.95. The third-order valence-electron chi connectivity index (χ3n) is 5.98. The quantitative estimate of drug-likeness (QED) is 0.384. The van der Waals surface area contributed by atoms with Crippen LogP contribution >= 0.6 is 0 Å². The van der Waals surface area contributed by atoms with Crippen LogP contribution in [0.2, 0.25) is 0 Å². The highest BCUT2D eigenvalue weighted by atomic mass is 19.1. The molecule has 0 spiro atoms. The van der Waals surface area contributed by atoms with Gasteiger partial charge in [-0.05, 0) is 65.9 Å². The van der Waals surface area contributed by atoms with Crippen molar-refractivity contribution in [1.29, 1.82) is 0 Å². The van der Waals surface area contributed by atoms with Crippen molar-refractivity contribution in [1.82, 2.24) is 4.90 Å². The Hall–Kier alpha value is -3.67. The number of amides is 2. The molecule has 3 aromatic rings. The number of anilines is 2. The van der Waals surface area contributed by atoms with Crippen LogP contribution in [0.15, 0.2) is 72.8 Å². The van der Waals surface area contributed by atoms with Gasteiger partial charge in [-0.15, -0.1) is 0 Å². The lowest BCUT2D eigenvalue weighted by Gasteiger charge is -2.32. The summed E-state index contributed by atoms with van der Waals surface area (Å²) in [7, 11) is 3.90. The zero-order valence-corrected chi connectivity index (χ0v) is 22.0. The van der Waals surface area contributed by atoms with E-state index in [9.17, 15) is 14.0 Å². The predicted molar refractivity (Wildman–Crippen MR) is 145 cm³/mol. The van der Waals surface area contributed by atoms with E-state index in [1.165, 1.54) is 24.3 Å². The van der Waals surface area contributed by atoms with E-state index in [4.69, 9.17) is 0 Å². The number of carbonyl (C=O) groups excluding carboxylic acids is 2. The maximum absolute atomic E-state index is 13.7. The zero-order valence-electron chi connectivity index (χ0n) is 22.0. The average molecular weight is 490 g/mol. The number of benzene rings is 3. The average Bonchev–Trinajstić information content (AvgIpc) is 2.81. The zero-order chi connectivity index (χ0) is 26.5. The first-order valence-corrected chi connectivity index (χ1v) is 12.2. The molecule has 3 rings (SSSR count). The minimum absolute atomic E-state index is 0.0528. The number of hydrogen-bond acceptors (Lipinski definition) is 3. The first-order valence-electron chi connectivity index (χ1n) is 12.2. The SMILES string of the molecule is C[C@@H](c1ccccc1)N(Cc1cc(NC(=O)CC(C)(C)C)ccc1N(C)C)C(=O)c1ccc(F)cc1. The Morgan fingerprint density at radius 2 is 1.58 bits per heavy atom.